The van der Waals surface area contributed by atoms with Gasteiger partial charge >= 0.3 is 6.18 Å². The van der Waals surface area contributed by atoms with Crippen LogP contribution in [0.25, 0.3) is 0 Å². The number of ketones is 4. The molecule has 0 saturated carbocycles. The second-order valence-electron chi connectivity index (χ2n) is 27.2. The number of Topliss-reactive ketones (excluding diaryl/α,β-unsaturated/α-hetero) is 4. The molecule has 4 aromatic heterocycles. The molecule has 18 nitrogen and oxygen atoms in total. The van der Waals surface area contributed by atoms with Gasteiger partial charge in [0.2, 0.25) is 12.2 Å². The maximum atomic E-state index is 13.6. The molecule has 5 aliphatic rings. The Labute approximate surface area is 721 Å². The summed E-state index contributed by atoms with van der Waals surface area (Å²) in [6, 6.07) is 19.8. The molecular weight excluding hydrogens is 1730 g/mol. The summed E-state index contributed by atoms with van der Waals surface area (Å²) in [6.45, 7) is 12.7. The Morgan fingerprint density at radius 3 is 1.54 bits per heavy atom. The number of halogens is 13. The lowest BCUT2D eigenvalue weighted by molar-refractivity contribution is -0.246. The number of nitrogens with one attached hydrogen (secondary N) is 5. The van der Waals surface area contributed by atoms with Crippen LogP contribution in [0, 0.1) is 65.7 Å². The fourth-order valence-corrected chi connectivity index (χ4v) is 16.8. The number of alkyl halides is 3. The molecule has 5 fully saturated rings. The number of hydrogen-bond acceptors (Lipinski definition) is 21. The van der Waals surface area contributed by atoms with E-state index in [0.29, 0.717) is 85.0 Å². The zero-order valence-electron chi connectivity index (χ0n) is 66.1. The minimum Gasteiger partial charge on any atom is -0.480 e. The Morgan fingerprint density at radius 1 is 0.574 bits per heavy atom. The van der Waals surface area contributed by atoms with Gasteiger partial charge in [-0.1, -0.05) is 61.0 Å². The van der Waals surface area contributed by atoms with Gasteiger partial charge in [0, 0.05) is 134 Å². The molecule has 1 unspecified atom stereocenters. The topological polar surface area (TPSA) is 219 Å². The standard InChI is InChI=1S/C15H22FNO2.C14H15F4NO.C14H18FNO.C12H17NOS.C11H14FNOS.C8H11ClN2O3.C7H9BrO2S.4ClH/c1-18-15(19-2)11-17-10-9-13(15)8-7-12-5-3-4-6-14(12)16;15-12-3-1-2-11(14(16,17)18)10(12)8-13(20)9-4-6-19-7-5-9;1-10-9-16-7-6-12(10)14(17)8-11-4-2-3-5-13(11)15;1-9-4-7-15-12(9)8-11(14)10-2-5-13-6-3-10;12-9-3-6-15-11(9)7-10(14)8-1-4-13-5-2-8;1-12-7-6(8(13-2)14-3)10-4-5(9)11-7;1-9-7(10-2)5-3-11-4-6(5)8;;;;/h3-6,13,17H,7-11H2,1-2H3;1-3,9,19H,4-8H2;2-5,10,12,16H,6-9H2,1H3;4,7,10,13H,2-3,5-6,8H2,1H3;3,6,8,13H,1-2,4-5,7H2;4,8H,1-3H3;3-4,7H,1-2H3;4*1H/t;;10-,12-;;;;;;;;/m..1......../s1. The van der Waals surface area contributed by atoms with Gasteiger partial charge in [-0.3, -0.25) is 19.2 Å². The third kappa shape index (κ3) is 34.8. The lowest BCUT2D eigenvalue weighted by Crippen LogP contribution is -2.54. The van der Waals surface area contributed by atoms with Gasteiger partial charge < -0.3 is 59.7 Å². The van der Waals surface area contributed by atoms with Gasteiger partial charge in [-0.2, -0.15) is 29.5 Å². The molecule has 34 heteroatoms. The number of benzene rings is 3. The number of methoxy groups -OCH3 is 7. The van der Waals surface area contributed by atoms with E-state index in [4.69, 9.17) is 44.8 Å². The van der Waals surface area contributed by atoms with Crippen LogP contribution in [0.3, 0.4) is 0 Å². The first-order valence-electron chi connectivity index (χ1n) is 37.1. The van der Waals surface area contributed by atoms with Crippen LogP contribution >= 0.6 is 111 Å². The number of piperidine rings is 5. The fraction of sp³-hybridized carbons (Fsp3) is 0.531. The highest BCUT2D eigenvalue weighted by molar-refractivity contribution is 9.10. The minimum atomic E-state index is -4.65. The zero-order chi connectivity index (χ0) is 80.9. The predicted molar refractivity (Wildman–Crippen MR) is 453 cm³/mol. The minimum absolute atomic E-state index is 0. The third-order valence-corrected chi connectivity index (χ3v) is 23.8. The number of aryl methyl sites for hydroxylation is 2. The van der Waals surface area contributed by atoms with Gasteiger partial charge in [-0.25, -0.2) is 22.5 Å². The number of carbonyl (C=O) groups excluding carboxylic acids is 4. The lowest BCUT2D eigenvalue weighted by Gasteiger charge is -2.42. The summed E-state index contributed by atoms with van der Waals surface area (Å²) in [7, 11) is 11.1. The molecular formula is C81H110BrCl5F7N7O11S3. The summed E-state index contributed by atoms with van der Waals surface area (Å²) in [5.74, 6) is -0.551. The predicted octanol–water partition coefficient (Wildman–Crippen LogP) is 17.6. The first-order valence-corrected chi connectivity index (χ1v) is 40.9. The van der Waals surface area contributed by atoms with Crippen LogP contribution in [-0.2, 0) is 85.9 Å². The molecule has 3 atom stereocenters. The van der Waals surface area contributed by atoms with Crippen LogP contribution in [-0.4, -0.2) is 154 Å². The average molecular weight is 1840 g/mol. The molecule has 115 heavy (non-hydrogen) atoms. The van der Waals surface area contributed by atoms with Crippen molar-refractivity contribution in [3.63, 3.8) is 0 Å². The summed E-state index contributed by atoms with van der Waals surface area (Å²) in [5.41, 5.74) is 2.46. The first kappa shape index (κ1) is 106. The fourth-order valence-electron chi connectivity index (χ4n) is 13.5. The number of ether oxygens (including phenoxy) is 7. The molecule has 5 aliphatic heterocycles. The van der Waals surface area contributed by atoms with Crippen molar-refractivity contribution < 1.29 is 83.1 Å². The molecule has 5 N–H and O–H groups in total. The molecule has 12 rings (SSSR count). The molecule has 0 amide bonds. The van der Waals surface area contributed by atoms with Gasteiger partial charge in [0.1, 0.15) is 46.4 Å². The molecule has 9 heterocycles. The van der Waals surface area contributed by atoms with Crippen LogP contribution in [0.15, 0.2) is 111 Å². The Balaban J connectivity index is 0.000000455. The van der Waals surface area contributed by atoms with Crippen molar-refractivity contribution in [2.75, 3.05) is 115 Å². The van der Waals surface area contributed by atoms with Crippen molar-refractivity contribution in [2.45, 2.75) is 128 Å². The molecule has 0 aliphatic carbocycles. The molecule has 0 radical (unpaired) electrons. The van der Waals surface area contributed by atoms with Crippen LogP contribution in [0.2, 0.25) is 5.15 Å². The number of rotatable bonds is 24. The SMILES string of the molecule is COC(OC)c1cscc1Br.COC1(OC)CNCCC1CCc1ccccc1F.COc1nc(Cl)cnc1C(OC)OC.C[C@@H]1CNCC[C@H]1C(=O)Cc1ccccc1F.Cc1ccsc1CC(=O)C1CCNCC1.Cl.Cl.Cl.Cl.O=C(Cc1c(F)cccc1C(F)(F)F)C1CCNCC1.O=C(Cc1sccc1F)C1CCNCC1. The van der Waals surface area contributed by atoms with Crippen molar-refractivity contribution in [1.82, 2.24) is 36.6 Å². The summed E-state index contributed by atoms with van der Waals surface area (Å²) in [6.07, 6.45) is 4.99. The van der Waals surface area contributed by atoms with Gasteiger partial charge in [0.25, 0.3) is 0 Å². The van der Waals surface area contributed by atoms with E-state index in [-0.39, 0.29) is 132 Å². The van der Waals surface area contributed by atoms with E-state index in [9.17, 15) is 49.9 Å². The van der Waals surface area contributed by atoms with Crippen LogP contribution in [0.5, 0.6) is 5.88 Å². The van der Waals surface area contributed by atoms with E-state index in [1.807, 2.05) is 22.9 Å². The maximum absolute atomic E-state index is 13.6. The van der Waals surface area contributed by atoms with E-state index in [2.05, 4.69) is 77.8 Å². The van der Waals surface area contributed by atoms with E-state index < -0.39 is 41.6 Å². The quantitative estimate of drug-likeness (QED) is 0.0281. The Bertz CT molecular complexity index is 3860. The summed E-state index contributed by atoms with van der Waals surface area (Å²) < 4.78 is 130. The highest BCUT2D eigenvalue weighted by Crippen LogP contribution is 2.36. The number of carbonyl (C=O) groups is 4. The molecule has 5 saturated heterocycles. The van der Waals surface area contributed by atoms with Gasteiger partial charge in [0.15, 0.2) is 22.9 Å². The first-order chi connectivity index (χ1) is 53.3. The summed E-state index contributed by atoms with van der Waals surface area (Å²) in [5, 5.41) is 24.2. The zero-order valence-corrected chi connectivity index (χ0v) is 74.2. The smallest absolute Gasteiger partial charge is 0.416 e. The monoisotopic (exact) mass is 1840 g/mol. The second-order valence-corrected chi connectivity index (χ2v) is 31.2. The Kier molecular flexibility index (Phi) is 52.5. The second kappa shape index (κ2) is 56.8. The highest BCUT2D eigenvalue weighted by Gasteiger charge is 2.41. The summed E-state index contributed by atoms with van der Waals surface area (Å²) >= 11 is 13.7. The van der Waals surface area contributed by atoms with Crippen molar-refractivity contribution in [2.24, 2.45) is 35.5 Å². The lowest BCUT2D eigenvalue weighted by atomic mass is 9.82. The third-order valence-electron chi connectivity index (χ3n) is 20.0. The van der Waals surface area contributed by atoms with Crippen LogP contribution in [0.1, 0.15) is 126 Å². The summed E-state index contributed by atoms with van der Waals surface area (Å²) in [4.78, 5) is 57.8. The number of hydrogen-bond donors (Lipinski definition) is 5. The maximum Gasteiger partial charge on any atom is 0.416 e. The Hall–Kier alpha value is -4.68. The van der Waals surface area contributed by atoms with Crippen LogP contribution in [0.4, 0.5) is 30.7 Å². The average Bonchev–Trinajstić information content (AvgIpc) is 1.74. The molecule has 3 aromatic carbocycles. The van der Waals surface area contributed by atoms with Crippen molar-refractivity contribution in [1.29, 1.82) is 0 Å². The van der Waals surface area contributed by atoms with E-state index >= 15 is 0 Å². The van der Waals surface area contributed by atoms with Gasteiger partial charge in [-0.15, -0.1) is 72.3 Å². The largest absolute Gasteiger partial charge is 0.480 e. The number of aromatic nitrogens is 2. The van der Waals surface area contributed by atoms with E-state index in [1.54, 1.807) is 80.8 Å². The van der Waals surface area contributed by atoms with Crippen molar-refractivity contribution in [3.05, 3.63) is 188 Å². The molecule has 0 bridgehead atoms. The van der Waals surface area contributed by atoms with E-state index in [0.717, 1.165) is 125 Å². The Morgan fingerprint density at radius 2 is 1.07 bits per heavy atom. The van der Waals surface area contributed by atoms with Gasteiger partial charge in [0.05, 0.1) is 25.4 Å². The normalized spacial score (nSPS) is 17.3. The highest BCUT2D eigenvalue weighted by atomic mass is 79.9. The number of nitrogens with zero attached hydrogens (tertiary/aromatic N) is 2. The van der Waals surface area contributed by atoms with Crippen molar-refractivity contribution in [3.8, 4) is 5.88 Å². The van der Waals surface area contributed by atoms with E-state index in [1.165, 1.54) is 67.5 Å². The molecule has 644 valence electrons. The number of thiophene rings is 3. The van der Waals surface area contributed by atoms with Crippen molar-refractivity contribution >= 4 is 134 Å². The van der Waals surface area contributed by atoms with Crippen LogP contribution < -0.4 is 31.3 Å². The molecule has 0 spiro atoms. The molecule has 7 aromatic rings. The van der Waals surface area contributed by atoms with Gasteiger partial charge in [-0.05, 0) is 216 Å².